The van der Waals surface area contributed by atoms with Gasteiger partial charge in [-0.3, -0.25) is 4.79 Å². The molecule has 1 unspecified atom stereocenters. The number of benzene rings is 1. The van der Waals surface area contributed by atoms with Crippen molar-refractivity contribution in [3.8, 4) is 0 Å². The van der Waals surface area contributed by atoms with Crippen LogP contribution < -0.4 is 11.1 Å². The maximum atomic E-state index is 11.6. The van der Waals surface area contributed by atoms with E-state index in [1.165, 1.54) is 0 Å². The Kier molecular flexibility index (Phi) is 2.98. The van der Waals surface area contributed by atoms with E-state index in [2.05, 4.69) is 10.3 Å². The molecule has 1 amide bonds. The molecule has 5 heteroatoms. The number of hydrogen-bond donors (Lipinski definition) is 2. The van der Waals surface area contributed by atoms with Gasteiger partial charge in [-0.25, -0.2) is 4.98 Å². The predicted molar refractivity (Wildman–Crippen MR) is 72.9 cm³/mol. The molecule has 1 aromatic carbocycles. The van der Waals surface area contributed by atoms with Crippen LogP contribution in [0.15, 0.2) is 22.6 Å². The number of nitrogens with two attached hydrogens (primary N) is 1. The highest BCUT2D eigenvalue weighted by Crippen LogP contribution is 2.40. The zero-order valence-electron chi connectivity index (χ0n) is 10.8. The standard InChI is InChI=1S/C14H17N3O2/c1-8(15)6-13(18)16-10-4-5-11-12(7-10)19-14(17-11)9-2-3-9/h4-5,7-9H,2-3,6,15H2,1H3,(H,16,18). The minimum Gasteiger partial charge on any atom is -0.440 e. The van der Waals surface area contributed by atoms with Crippen LogP contribution in [0.2, 0.25) is 0 Å². The Morgan fingerprint density at radius 3 is 3.05 bits per heavy atom. The van der Waals surface area contributed by atoms with Crippen molar-refractivity contribution in [1.82, 2.24) is 4.98 Å². The van der Waals surface area contributed by atoms with E-state index in [1.807, 2.05) is 18.2 Å². The van der Waals surface area contributed by atoms with E-state index >= 15 is 0 Å². The number of carbonyl (C=O) groups is 1. The molecule has 19 heavy (non-hydrogen) atoms. The molecule has 0 saturated heterocycles. The zero-order chi connectivity index (χ0) is 13.4. The Hall–Kier alpha value is -1.88. The van der Waals surface area contributed by atoms with E-state index in [-0.39, 0.29) is 11.9 Å². The molecule has 0 bridgehead atoms. The van der Waals surface area contributed by atoms with Gasteiger partial charge in [0.1, 0.15) is 5.52 Å². The first-order chi connectivity index (χ1) is 9.11. The molecule has 0 spiro atoms. The largest absolute Gasteiger partial charge is 0.440 e. The summed E-state index contributed by atoms with van der Waals surface area (Å²) in [5, 5.41) is 2.81. The number of carbonyl (C=O) groups excluding carboxylic acids is 1. The van der Waals surface area contributed by atoms with E-state index in [0.29, 0.717) is 12.3 Å². The van der Waals surface area contributed by atoms with Gasteiger partial charge in [0.05, 0.1) is 0 Å². The van der Waals surface area contributed by atoms with Gasteiger partial charge >= 0.3 is 0 Å². The molecule has 3 N–H and O–H groups in total. The number of nitrogens with one attached hydrogen (secondary N) is 1. The van der Waals surface area contributed by atoms with Crippen molar-refractivity contribution in [1.29, 1.82) is 0 Å². The molecule has 3 rings (SSSR count). The smallest absolute Gasteiger partial charge is 0.225 e. The molecule has 5 nitrogen and oxygen atoms in total. The number of hydrogen-bond acceptors (Lipinski definition) is 4. The fourth-order valence-electron chi connectivity index (χ4n) is 2.03. The van der Waals surface area contributed by atoms with Crippen molar-refractivity contribution in [2.75, 3.05) is 5.32 Å². The van der Waals surface area contributed by atoms with Crippen LogP contribution >= 0.6 is 0 Å². The minimum absolute atomic E-state index is 0.0868. The van der Waals surface area contributed by atoms with Crippen molar-refractivity contribution >= 4 is 22.7 Å². The van der Waals surface area contributed by atoms with E-state index < -0.39 is 0 Å². The summed E-state index contributed by atoms with van der Waals surface area (Å²) in [5.74, 6) is 1.22. The summed E-state index contributed by atoms with van der Waals surface area (Å²) in [6.07, 6.45) is 2.62. The number of amides is 1. The second kappa shape index (κ2) is 4.66. The van der Waals surface area contributed by atoms with Gasteiger partial charge in [0.15, 0.2) is 11.5 Å². The quantitative estimate of drug-likeness (QED) is 0.883. The summed E-state index contributed by atoms with van der Waals surface area (Å²) in [4.78, 5) is 16.1. The molecule has 100 valence electrons. The third-order valence-electron chi connectivity index (χ3n) is 3.12. The van der Waals surface area contributed by atoms with Crippen LogP contribution in [0.1, 0.15) is 38.0 Å². The third-order valence-corrected chi connectivity index (χ3v) is 3.12. The van der Waals surface area contributed by atoms with Crippen molar-refractivity contribution in [2.24, 2.45) is 5.73 Å². The summed E-state index contributed by atoms with van der Waals surface area (Å²) in [6.45, 7) is 1.81. The van der Waals surface area contributed by atoms with Crippen LogP contribution in [0.4, 0.5) is 5.69 Å². The summed E-state index contributed by atoms with van der Waals surface area (Å²) in [7, 11) is 0. The summed E-state index contributed by atoms with van der Waals surface area (Å²) >= 11 is 0. The number of fused-ring (bicyclic) bond motifs is 1. The highest BCUT2D eigenvalue weighted by Gasteiger charge is 2.28. The number of nitrogens with zero attached hydrogens (tertiary/aromatic N) is 1. The second-order valence-electron chi connectivity index (χ2n) is 5.24. The van der Waals surface area contributed by atoms with Gasteiger partial charge in [-0.05, 0) is 31.9 Å². The lowest BCUT2D eigenvalue weighted by atomic mass is 10.2. The van der Waals surface area contributed by atoms with Gasteiger partial charge in [0.2, 0.25) is 5.91 Å². The Balaban J connectivity index is 1.78. The van der Waals surface area contributed by atoms with Gasteiger partial charge in [0, 0.05) is 30.1 Å². The number of rotatable bonds is 4. The molecule has 1 aliphatic rings. The lowest BCUT2D eigenvalue weighted by Crippen LogP contribution is -2.23. The Labute approximate surface area is 111 Å². The van der Waals surface area contributed by atoms with Crippen LogP contribution in [0.25, 0.3) is 11.1 Å². The number of aromatic nitrogens is 1. The van der Waals surface area contributed by atoms with Crippen LogP contribution in [0.5, 0.6) is 0 Å². The maximum Gasteiger partial charge on any atom is 0.225 e. The van der Waals surface area contributed by atoms with Crippen molar-refractivity contribution in [3.63, 3.8) is 0 Å². The lowest BCUT2D eigenvalue weighted by molar-refractivity contribution is -0.116. The molecular weight excluding hydrogens is 242 g/mol. The SMILES string of the molecule is CC(N)CC(=O)Nc1ccc2nc(C3CC3)oc2c1. The summed E-state index contributed by atoms with van der Waals surface area (Å²) in [5.41, 5.74) is 7.87. The summed E-state index contributed by atoms with van der Waals surface area (Å²) < 4.78 is 5.71. The number of oxazole rings is 1. The van der Waals surface area contributed by atoms with Gasteiger partial charge in [-0.2, -0.15) is 0 Å². The first kappa shape index (κ1) is 12.2. The molecule has 1 aromatic heterocycles. The normalized spacial score (nSPS) is 16.5. The lowest BCUT2D eigenvalue weighted by Gasteiger charge is -2.06. The van der Waals surface area contributed by atoms with Gasteiger partial charge < -0.3 is 15.5 Å². The zero-order valence-corrected chi connectivity index (χ0v) is 10.8. The highest BCUT2D eigenvalue weighted by atomic mass is 16.3. The van der Waals surface area contributed by atoms with Crippen LogP contribution in [-0.4, -0.2) is 16.9 Å². The summed E-state index contributed by atoms with van der Waals surface area (Å²) in [6, 6.07) is 5.37. The second-order valence-corrected chi connectivity index (χ2v) is 5.24. The minimum atomic E-state index is -0.143. The van der Waals surface area contributed by atoms with E-state index in [9.17, 15) is 4.79 Å². The Bertz CT molecular complexity index is 614. The molecule has 1 saturated carbocycles. The monoisotopic (exact) mass is 259 g/mol. The molecule has 0 radical (unpaired) electrons. The number of anilines is 1. The Morgan fingerprint density at radius 2 is 2.37 bits per heavy atom. The fraction of sp³-hybridized carbons (Fsp3) is 0.429. The van der Waals surface area contributed by atoms with Crippen LogP contribution in [-0.2, 0) is 4.79 Å². The van der Waals surface area contributed by atoms with Crippen LogP contribution in [0.3, 0.4) is 0 Å². The van der Waals surface area contributed by atoms with Gasteiger partial charge in [-0.1, -0.05) is 0 Å². The molecule has 1 aliphatic carbocycles. The van der Waals surface area contributed by atoms with Crippen molar-refractivity contribution < 1.29 is 9.21 Å². The van der Waals surface area contributed by atoms with E-state index in [1.54, 1.807) is 6.92 Å². The first-order valence-corrected chi connectivity index (χ1v) is 6.58. The highest BCUT2D eigenvalue weighted by molar-refractivity contribution is 5.93. The molecule has 1 atom stereocenters. The third kappa shape index (κ3) is 2.76. The average Bonchev–Trinajstić information content (AvgIpc) is 3.08. The van der Waals surface area contributed by atoms with Gasteiger partial charge in [0.25, 0.3) is 0 Å². The Morgan fingerprint density at radius 1 is 1.58 bits per heavy atom. The van der Waals surface area contributed by atoms with Crippen molar-refractivity contribution in [2.45, 2.75) is 38.1 Å². The fourth-order valence-corrected chi connectivity index (χ4v) is 2.03. The topological polar surface area (TPSA) is 81.2 Å². The predicted octanol–water partition coefficient (Wildman–Crippen LogP) is 2.38. The van der Waals surface area contributed by atoms with Crippen LogP contribution in [0, 0.1) is 0 Å². The van der Waals surface area contributed by atoms with Gasteiger partial charge in [-0.15, -0.1) is 0 Å². The average molecular weight is 259 g/mol. The van der Waals surface area contributed by atoms with E-state index in [0.717, 1.165) is 35.5 Å². The molecule has 0 aliphatic heterocycles. The molecule has 1 fully saturated rings. The molecule has 1 heterocycles. The molecule has 2 aromatic rings. The van der Waals surface area contributed by atoms with E-state index in [4.69, 9.17) is 10.2 Å². The first-order valence-electron chi connectivity index (χ1n) is 6.58. The molecular formula is C14H17N3O2. The van der Waals surface area contributed by atoms with Crippen molar-refractivity contribution in [3.05, 3.63) is 24.1 Å². The maximum absolute atomic E-state index is 11.6.